The molecule has 0 unspecified atom stereocenters. The van der Waals surface area contributed by atoms with Crippen molar-refractivity contribution in [1.82, 2.24) is 0 Å². The number of carboxylic acids is 1. The Kier molecular flexibility index (Phi) is 7.83. The van der Waals surface area contributed by atoms with Gasteiger partial charge in [0.2, 0.25) is 0 Å². The lowest BCUT2D eigenvalue weighted by atomic mass is 9.97. The van der Waals surface area contributed by atoms with Crippen molar-refractivity contribution in [3.05, 3.63) is 96.1 Å². The van der Waals surface area contributed by atoms with E-state index in [0.717, 1.165) is 10.5 Å². The monoisotopic (exact) mass is 460 g/mol. The van der Waals surface area contributed by atoms with Crippen molar-refractivity contribution in [2.75, 3.05) is 12.4 Å². The van der Waals surface area contributed by atoms with Gasteiger partial charge < -0.3 is 14.6 Å². The van der Waals surface area contributed by atoms with E-state index >= 15 is 0 Å². The third-order valence-electron chi connectivity index (χ3n) is 4.21. The standard InChI is InChI=1S/C24H19F3O4S/c25-24(26,27)31-22-9-5-4-8-21(22)20(17-6-2-1-3-7-17)14-15-32-19-12-10-18(11-13-19)30-16-23(28)29/h1-14H,15-16H2,(H,28,29). The predicted octanol–water partition coefficient (Wildman–Crippen LogP) is 6.27. The Morgan fingerprint density at radius 2 is 1.59 bits per heavy atom. The van der Waals surface area contributed by atoms with Crippen LogP contribution >= 0.6 is 11.8 Å². The lowest BCUT2D eigenvalue weighted by Gasteiger charge is -2.16. The van der Waals surface area contributed by atoms with E-state index in [1.54, 1.807) is 36.4 Å². The van der Waals surface area contributed by atoms with E-state index in [0.29, 0.717) is 22.6 Å². The number of rotatable bonds is 9. The Bertz CT molecular complexity index is 1060. The molecule has 0 saturated heterocycles. The van der Waals surface area contributed by atoms with E-state index in [-0.39, 0.29) is 5.75 Å². The summed E-state index contributed by atoms with van der Waals surface area (Å²) in [6, 6.07) is 22.1. The second-order valence-corrected chi connectivity index (χ2v) is 7.59. The number of hydrogen-bond acceptors (Lipinski definition) is 4. The molecule has 1 N–H and O–H groups in total. The Balaban J connectivity index is 1.81. The number of aliphatic carboxylic acids is 1. The van der Waals surface area contributed by atoms with E-state index in [9.17, 15) is 18.0 Å². The number of benzene rings is 3. The van der Waals surface area contributed by atoms with Crippen LogP contribution in [0, 0.1) is 0 Å². The Labute approximate surface area is 187 Å². The third kappa shape index (κ3) is 7.09. The van der Waals surface area contributed by atoms with Crippen LogP contribution in [0.5, 0.6) is 11.5 Å². The highest BCUT2D eigenvalue weighted by molar-refractivity contribution is 7.99. The SMILES string of the molecule is O=C(O)COc1ccc(SCC=C(c2ccccc2)c2ccccc2OC(F)(F)F)cc1. The fourth-order valence-corrected chi connectivity index (χ4v) is 3.67. The lowest BCUT2D eigenvalue weighted by Crippen LogP contribution is -2.18. The van der Waals surface area contributed by atoms with Gasteiger partial charge in [0.1, 0.15) is 11.5 Å². The van der Waals surface area contributed by atoms with Gasteiger partial charge in [-0.3, -0.25) is 0 Å². The molecule has 0 aliphatic rings. The van der Waals surface area contributed by atoms with Crippen molar-refractivity contribution in [3.63, 3.8) is 0 Å². The zero-order valence-electron chi connectivity index (χ0n) is 16.7. The molecule has 0 saturated carbocycles. The maximum atomic E-state index is 12.9. The Morgan fingerprint density at radius 1 is 0.938 bits per heavy atom. The van der Waals surface area contributed by atoms with Gasteiger partial charge in [-0.2, -0.15) is 0 Å². The molecule has 0 aliphatic carbocycles. The van der Waals surface area contributed by atoms with Crippen LogP contribution in [0.3, 0.4) is 0 Å². The maximum Gasteiger partial charge on any atom is 0.573 e. The molecule has 8 heteroatoms. The minimum atomic E-state index is -4.79. The molecule has 3 aromatic rings. The molecule has 3 rings (SSSR count). The van der Waals surface area contributed by atoms with Crippen molar-refractivity contribution in [2.24, 2.45) is 0 Å². The first-order valence-corrected chi connectivity index (χ1v) is 10.5. The van der Waals surface area contributed by atoms with Crippen LogP contribution in [0.1, 0.15) is 11.1 Å². The topological polar surface area (TPSA) is 55.8 Å². The first kappa shape index (κ1) is 23.3. The zero-order chi connectivity index (χ0) is 23.0. The van der Waals surface area contributed by atoms with Crippen LogP contribution in [0.2, 0.25) is 0 Å². The minimum absolute atomic E-state index is 0.264. The molecule has 0 fully saturated rings. The number of halogens is 3. The van der Waals surface area contributed by atoms with Gasteiger partial charge in [-0.1, -0.05) is 54.6 Å². The van der Waals surface area contributed by atoms with Gasteiger partial charge in [-0.15, -0.1) is 24.9 Å². The molecular formula is C24H19F3O4S. The Hall–Kier alpha value is -3.39. The zero-order valence-corrected chi connectivity index (χ0v) is 17.5. The molecule has 4 nitrogen and oxygen atoms in total. The molecule has 0 radical (unpaired) electrons. The molecule has 0 aromatic heterocycles. The molecule has 0 aliphatic heterocycles. The summed E-state index contributed by atoms with van der Waals surface area (Å²) < 4.78 is 48.1. The highest BCUT2D eigenvalue weighted by atomic mass is 32.2. The molecule has 166 valence electrons. The van der Waals surface area contributed by atoms with Crippen LogP contribution in [-0.4, -0.2) is 29.8 Å². The molecule has 0 atom stereocenters. The molecule has 0 spiro atoms. The lowest BCUT2D eigenvalue weighted by molar-refractivity contribution is -0.274. The van der Waals surface area contributed by atoms with Crippen LogP contribution in [-0.2, 0) is 4.79 Å². The predicted molar refractivity (Wildman–Crippen MR) is 117 cm³/mol. The first-order chi connectivity index (χ1) is 15.3. The average Bonchev–Trinajstić information content (AvgIpc) is 2.76. The van der Waals surface area contributed by atoms with Crippen molar-refractivity contribution >= 4 is 23.3 Å². The minimum Gasteiger partial charge on any atom is -0.482 e. The van der Waals surface area contributed by atoms with Gasteiger partial charge in [-0.25, -0.2) is 4.79 Å². The first-order valence-electron chi connectivity index (χ1n) is 9.50. The summed E-state index contributed by atoms with van der Waals surface area (Å²) in [5.74, 6) is -0.396. The molecule has 32 heavy (non-hydrogen) atoms. The van der Waals surface area contributed by atoms with Crippen LogP contribution in [0.25, 0.3) is 5.57 Å². The van der Waals surface area contributed by atoms with Gasteiger partial charge in [0.05, 0.1) is 0 Å². The second-order valence-electron chi connectivity index (χ2n) is 6.49. The van der Waals surface area contributed by atoms with Gasteiger partial charge >= 0.3 is 12.3 Å². The largest absolute Gasteiger partial charge is 0.573 e. The van der Waals surface area contributed by atoms with E-state index in [1.807, 2.05) is 36.4 Å². The van der Waals surface area contributed by atoms with Crippen molar-refractivity contribution in [3.8, 4) is 11.5 Å². The highest BCUT2D eigenvalue weighted by Gasteiger charge is 2.32. The second kappa shape index (κ2) is 10.8. The summed E-state index contributed by atoms with van der Waals surface area (Å²) in [6.07, 6.45) is -2.94. The summed E-state index contributed by atoms with van der Waals surface area (Å²) in [4.78, 5) is 11.5. The number of carboxylic acid groups (broad SMARTS) is 1. The Morgan fingerprint density at radius 3 is 2.25 bits per heavy atom. The van der Waals surface area contributed by atoms with Crippen LogP contribution < -0.4 is 9.47 Å². The summed E-state index contributed by atoms with van der Waals surface area (Å²) >= 11 is 1.48. The summed E-state index contributed by atoms with van der Waals surface area (Å²) in [7, 11) is 0. The number of hydrogen-bond donors (Lipinski definition) is 1. The molecule has 0 bridgehead atoms. The van der Waals surface area contributed by atoms with Crippen LogP contribution in [0.15, 0.2) is 89.8 Å². The van der Waals surface area contributed by atoms with Crippen LogP contribution in [0.4, 0.5) is 13.2 Å². The van der Waals surface area contributed by atoms with E-state index in [1.165, 1.54) is 23.9 Å². The van der Waals surface area contributed by atoms with Gasteiger partial charge in [-0.05, 0) is 41.5 Å². The summed E-state index contributed by atoms with van der Waals surface area (Å²) in [6.45, 7) is -0.422. The third-order valence-corrected chi connectivity index (χ3v) is 5.15. The van der Waals surface area contributed by atoms with Crippen molar-refractivity contribution in [2.45, 2.75) is 11.3 Å². The average molecular weight is 460 g/mol. The maximum absolute atomic E-state index is 12.9. The molecule has 3 aromatic carbocycles. The van der Waals surface area contributed by atoms with E-state index < -0.39 is 18.9 Å². The fraction of sp³-hybridized carbons (Fsp3) is 0.125. The number of ether oxygens (including phenoxy) is 2. The molecule has 0 heterocycles. The number of carbonyl (C=O) groups is 1. The fourth-order valence-electron chi connectivity index (χ4n) is 2.90. The molecule has 0 amide bonds. The number of thioether (sulfide) groups is 1. The van der Waals surface area contributed by atoms with Gasteiger partial charge in [0.25, 0.3) is 0 Å². The van der Waals surface area contributed by atoms with Crippen molar-refractivity contribution < 1.29 is 32.5 Å². The normalized spacial score (nSPS) is 11.8. The van der Waals surface area contributed by atoms with E-state index in [4.69, 9.17) is 9.84 Å². The van der Waals surface area contributed by atoms with E-state index in [2.05, 4.69) is 4.74 Å². The van der Waals surface area contributed by atoms with Gasteiger partial charge in [0, 0.05) is 16.2 Å². The summed E-state index contributed by atoms with van der Waals surface area (Å²) in [5, 5.41) is 8.66. The number of alkyl halides is 3. The highest BCUT2D eigenvalue weighted by Crippen LogP contribution is 2.35. The summed E-state index contributed by atoms with van der Waals surface area (Å²) in [5.41, 5.74) is 1.73. The van der Waals surface area contributed by atoms with Gasteiger partial charge in [0.15, 0.2) is 6.61 Å². The smallest absolute Gasteiger partial charge is 0.482 e. The number of para-hydroxylation sites is 1. The van der Waals surface area contributed by atoms with Crippen molar-refractivity contribution in [1.29, 1.82) is 0 Å². The quantitative estimate of drug-likeness (QED) is 0.381. The molecular weight excluding hydrogens is 441 g/mol.